The van der Waals surface area contributed by atoms with Crippen LogP contribution in [0.4, 0.5) is 5.00 Å². The van der Waals surface area contributed by atoms with Crippen LogP contribution < -0.4 is 5.32 Å². The standard InChI is InChI=1S/C28H29NO5S/c1-4-33-28(32)23-21-15-12-18(3)16-22(21)35-26(23)29-25(30)24(19-8-6-5-7-9-19)34-27(31)20-13-10-17(2)11-14-20/h5-11,13-14,18,24H,4,12,15-16H2,1-3H3,(H,29,30)/t18-,24+/m0/s1. The van der Waals surface area contributed by atoms with Gasteiger partial charge in [0.1, 0.15) is 5.00 Å². The summed E-state index contributed by atoms with van der Waals surface area (Å²) in [7, 11) is 0. The SMILES string of the molecule is CCOC(=O)c1c(NC(=O)[C@H](OC(=O)c2ccc(C)cc2)c2ccccc2)sc2c1CC[C@H](C)C2. The van der Waals surface area contributed by atoms with Gasteiger partial charge in [-0.3, -0.25) is 4.79 Å². The molecule has 182 valence electrons. The van der Waals surface area contributed by atoms with Crippen LogP contribution in [0.2, 0.25) is 0 Å². The van der Waals surface area contributed by atoms with Crippen molar-refractivity contribution in [3.63, 3.8) is 0 Å². The summed E-state index contributed by atoms with van der Waals surface area (Å²) in [5.74, 6) is -1.05. The van der Waals surface area contributed by atoms with Crippen LogP contribution in [-0.4, -0.2) is 24.5 Å². The molecule has 0 saturated heterocycles. The van der Waals surface area contributed by atoms with Gasteiger partial charge in [-0.1, -0.05) is 55.0 Å². The number of benzene rings is 2. The maximum absolute atomic E-state index is 13.5. The zero-order valence-electron chi connectivity index (χ0n) is 20.1. The van der Waals surface area contributed by atoms with Crippen molar-refractivity contribution < 1.29 is 23.9 Å². The van der Waals surface area contributed by atoms with E-state index in [4.69, 9.17) is 9.47 Å². The van der Waals surface area contributed by atoms with Gasteiger partial charge in [0.25, 0.3) is 5.91 Å². The van der Waals surface area contributed by atoms with Gasteiger partial charge in [-0.25, -0.2) is 9.59 Å². The fourth-order valence-electron chi connectivity index (χ4n) is 4.20. The smallest absolute Gasteiger partial charge is 0.341 e. The Labute approximate surface area is 209 Å². The third-order valence-corrected chi connectivity index (χ3v) is 7.25. The van der Waals surface area contributed by atoms with E-state index in [1.165, 1.54) is 11.3 Å². The highest BCUT2D eigenvalue weighted by atomic mass is 32.1. The second-order valence-corrected chi connectivity index (χ2v) is 9.93. The molecule has 1 N–H and O–H groups in total. The molecule has 1 aliphatic carbocycles. The molecule has 0 fully saturated rings. The van der Waals surface area contributed by atoms with Crippen molar-refractivity contribution in [3.05, 3.63) is 87.3 Å². The highest BCUT2D eigenvalue weighted by Crippen LogP contribution is 2.40. The van der Waals surface area contributed by atoms with Gasteiger partial charge in [-0.15, -0.1) is 11.3 Å². The summed E-state index contributed by atoms with van der Waals surface area (Å²) in [5.41, 5.74) is 3.29. The molecule has 0 radical (unpaired) electrons. The molecule has 2 atom stereocenters. The van der Waals surface area contributed by atoms with Crippen LogP contribution in [0.1, 0.15) is 68.7 Å². The molecule has 1 aromatic heterocycles. The number of aryl methyl sites for hydroxylation is 1. The van der Waals surface area contributed by atoms with E-state index in [1.807, 2.05) is 25.1 Å². The van der Waals surface area contributed by atoms with Crippen LogP contribution in [-0.2, 0) is 27.1 Å². The molecule has 6 nitrogen and oxygen atoms in total. The molecular weight excluding hydrogens is 462 g/mol. The summed E-state index contributed by atoms with van der Waals surface area (Å²) in [4.78, 5) is 40.3. The largest absolute Gasteiger partial charge is 0.462 e. The molecular formula is C28H29NO5S. The monoisotopic (exact) mass is 491 g/mol. The molecule has 1 heterocycles. The molecule has 0 spiro atoms. The van der Waals surface area contributed by atoms with Crippen molar-refractivity contribution >= 4 is 34.2 Å². The summed E-state index contributed by atoms with van der Waals surface area (Å²) < 4.78 is 11.0. The van der Waals surface area contributed by atoms with E-state index in [2.05, 4.69) is 12.2 Å². The number of hydrogen-bond donors (Lipinski definition) is 1. The second-order valence-electron chi connectivity index (χ2n) is 8.83. The topological polar surface area (TPSA) is 81.7 Å². The number of ether oxygens (including phenoxy) is 2. The summed E-state index contributed by atoms with van der Waals surface area (Å²) in [5, 5.41) is 3.33. The zero-order chi connectivity index (χ0) is 24.9. The normalized spacial score (nSPS) is 15.6. The maximum atomic E-state index is 13.5. The van der Waals surface area contributed by atoms with Crippen LogP contribution in [0.25, 0.3) is 0 Å². The molecule has 35 heavy (non-hydrogen) atoms. The van der Waals surface area contributed by atoms with Gasteiger partial charge in [0.05, 0.1) is 17.7 Å². The number of esters is 2. The third kappa shape index (κ3) is 5.62. The number of amides is 1. The van der Waals surface area contributed by atoms with Crippen molar-refractivity contribution in [2.45, 2.75) is 46.1 Å². The average Bonchev–Trinajstić information content (AvgIpc) is 3.20. The van der Waals surface area contributed by atoms with Crippen molar-refractivity contribution in [1.29, 1.82) is 0 Å². The number of carbonyl (C=O) groups excluding carboxylic acids is 3. The molecule has 7 heteroatoms. The predicted molar refractivity (Wildman–Crippen MR) is 136 cm³/mol. The van der Waals surface area contributed by atoms with Gasteiger partial charge in [0.15, 0.2) is 0 Å². The Morgan fingerprint density at radius 2 is 1.77 bits per heavy atom. The average molecular weight is 492 g/mol. The third-order valence-electron chi connectivity index (χ3n) is 6.08. The fraction of sp³-hybridized carbons (Fsp3) is 0.321. The Morgan fingerprint density at radius 3 is 2.46 bits per heavy atom. The van der Waals surface area contributed by atoms with Crippen molar-refractivity contribution in [2.75, 3.05) is 11.9 Å². The number of rotatable bonds is 7. The van der Waals surface area contributed by atoms with E-state index >= 15 is 0 Å². The molecule has 3 aromatic rings. The first-order valence-electron chi connectivity index (χ1n) is 11.8. The minimum Gasteiger partial charge on any atom is -0.462 e. The summed E-state index contributed by atoms with van der Waals surface area (Å²) in [6.45, 7) is 6.11. The van der Waals surface area contributed by atoms with E-state index in [1.54, 1.807) is 43.3 Å². The maximum Gasteiger partial charge on any atom is 0.341 e. The molecule has 1 aliphatic rings. The van der Waals surface area contributed by atoms with Gasteiger partial charge in [0.2, 0.25) is 6.10 Å². The molecule has 0 unspecified atom stereocenters. The van der Waals surface area contributed by atoms with Crippen LogP contribution in [0.15, 0.2) is 54.6 Å². The minimum atomic E-state index is -1.18. The number of nitrogens with one attached hydrogen (secondary N) is 1. The lowest BCUT2D eigenvalue weighted by Crippen LogP contribution is -2.26. The summed E-state index contributed by atoms with van der Waals surface area (Å²) in [6, 6.07) is 15.8. The molecule has 4 rings (SSSR count). The van der Waals surface area contributed by atoms with Crippen molar-refractivity contribution in [3.8, 4) is 0 Å². The first-order valence-corrected chi connectivity index (χ1v) is 12.6. The van der Waals surface area contributed by atoms with Crippen LogP contribution >= 0.6 is 11.3 Å². The lowest BCUT2D eigenvalue weighted by atomic mass is 9.88. The fourth-order valence-corrected chi connectivity index (χ4v) is 5.60. The highest BCUT2D eigenvalue weighted by molar-refractivity contribution is 7.17. The van der Waals surface area contributed by atoms with E-state index in [-0.39, 0.29) is 6.61 Å². The number of hydrogen-bond acceptors (Lipinski definition) is 6. The first kappa shape index (κ1) is 24.7. The van der Waals surface area contributed by atoms with Gasteiger partial charge < -0.3 is 14.8 Å². The quantitative estimate of drug-likeness (QED) is 0.417. The van der Waals surface area contributed by atoms with Gasteiger partial charge in [0, 0.05) is 10.4 Å². The number of carbonyl (C=O) groups is 3. The zero-order valence-corrected chi connectivity index (χ0v) is 20.9. The van der Waals surface area contributed by atoms with Gasteiger partial charge in [-0.05, 0) is 56.7 Å². The van der Waals surface area contributed by atoms with Crippen molar-refractivity contribution in [1.82, 2.24) is 0 Å². The Balaban J connectivity index is 1.64. The predicted octanol–water partition coefficient (Wildman–Crippen LogP) is 5.89. The Morgan fingerprint density at radius 1 is 1.06 bits per heavy atom. The Bertz CT molecular complexity index is 1220. The van der Waals surface area contributed by atoms with E-state index in [9.17, 15) is 14.4 Å². The van der Waals surface area contributed by atoms with Crippen LogP contribution in [0.3, 0.4) is 0 Å². The van der Waals surface area contributed by atoms with Gasteiger partial charge >= 0.3 is 11.9 Å². The summed E-state index contributed by atoms with van der Waals surface area (Å²) >= 11 is 1.40. The van der Waals surface area contributed by atoms with Crippen LogP contribution in [0.5, 0.6) is 0 Å². The van der Waals surface area contributed by atoms with Gasteiger partial charge in [-0.2, -0.15) is 0 Å². The molecule has 0 bridgehead atoms. The number of thiophene rings is 1. The molecule has 2 aromatic carbocycles. The Hall–Kier alpha value is -3.45. The van der Waals surface area contributed by atoms with Crippen LogP contribution in [0, 0.1) is 12.8 Å². The summed E-state index contributed by atoms with van der Waals surface area (Å²) in [6.07, 6.45) is 1.41. The van der Waals surface area contributed by atoms with Crippen molar-refractivity contribution in [2.24, 2.45) is 5.92 Å². The highest BCUT2D eigenvalue weighted by Gasteiger charge is 2.32. The van der Waals surface area contributed by atoms with E-state index in [0.29, 0.717) is 27.6 Å². The second kappa shape index (κ2) is 10.9. The molecule has 0 saturated carbocycles. The Kier molecular flexibility index (Phi) is 7.66. The first-order chi connectivity index (χ1) is 16.9. The minimum absolute atomic E-state index is 0.244. The number of anilines is 1. The lowest BCUT2D eigenvalue weighted by Gasteiger charge is -2.19. The lowest BCUT2D eigenvalue weighted by molar-refractivity contribution is -0.125. The molecule has 1 amide bonds. The van der Waals surface area contributed by atoms with E-state index in [0.717, 1.165) is 35.3 Å². The molecule has 0 aliphatic heterocycles. The number of fused-ring (bicyclic) bond motifs is 1. The van der Waals surface area contributed by atoms with E-state index < -0.39 is 23.9 Å².